The normalized spacial score (nSPS) is 25.2. The molecule has 2 aliphatic carbocycles. The van der Waals surface area contributed by atoms with Crippen molar-refractivity contribution < 1.29 is 23.9 Å². The standard InChI is InChI=1S/C31H40N2O5/c32-22-38-29(35)31(19-23-7-3-1-4-8-23)17-15-27(16-18-31)28(34)26-13-11-24(12-14-26)20-33-30(36)37-21-25-9-5-2-6-10-25/h1-10,24,26-27H,11-22,32H2,(H,33,36). The van der Waals surface area contributed by atoms with Gasteiger partial charge in [0.25, 0.3) is 0 Å². The molecule has 2 aromatic carbocycles. The number of carbonyl (C=O) groups excluding carboxylic acids is 3. The van der Waals surface area contributed by atoms with Crippen molar-refractivity contribution in [3.63, 3.8) is 0 Å². The van der Waals surface area contributed by atoms with Crippen molar-refractivity contribution in [1.82, 2.24) is 5.32 Å². The van der Waals surface area contributed by atoms with E-state index >= 15 is 0 Å². The summed E-state index contributed by atoms with van der Waals surface area (Å²) in [6.45, 7) is 0.704. The molecule has 0 heterocycles. The molecule has 0 saturated heterocycles. The van der Waals surface area contributed by atoms with E-state index in [0.29, 0.717) is 50.4 Å². The van der Waals surface area contributed by atoms with Crippen LogP contribution in [0.25, 0.3) is 0 Å². The van der Waals surface area contributed by atoms with Crippen LogP contribution in [0.2, 0.25) is 0 Å². The maximum atomic E-state index is 13.4. The molecule has 0 aromatic heterocycles. The Balaban J connectivity index is 1.21. The molecular weight excluding hydrogens is 480 g/mol. The first-order valence-corrected chi connectivity index (χ1v) is 13.9. The average Bonchev–Trinajstić information content (AvgIpc) is 2.96. The Morgan fingerprint density at radius 2 is 1.37 bits per heavy atom. The number of alkyl carbamates (subject to hydrolysis) is 1. The van der Waals surface area contributed by atoms with Crippen LogP contribution in [0.1, 0.15) is 62.5 Å². The number of esters is 1. The van der Waals surface area contributed by atoms with Gasteiger partial charge in [-0.05, 0) is 74.8 Å². The molecule has 0 spiro atoms. The third-order valence-corrected chi connectivity index (χ3v) is 8.37. The third kappa shape index (κ3) is 7.44. The summed E-state index contributed by atoms with van der Waals surface area (Å²) in [5.74, 6) is 0.527. The molecule has 0 atom stereocenters. The molecule has 2 aliphatic rings. The van der Waals surface area contributed by atoms with Gasteiger partial charge in [0.2, 0.25) is 0 Å². The number of benzene rings is 2. The number of rotatable bonds is 10. The van der Waals surface area contributed by atoms with Crippen molar-refractivity contribution in [2.45, 2.75) is 64.4 Å². The van der Waals surface area contributed by atoms with E-state index < -0.39 is 11.5 Å². The van der Waals surface area contributed by atoms with Crippen LogP contribution < -0.4 is 11.1 Å². The monoisotopic (exact) mass is 520 g/mol. The van der Waals surface area contributed by atoms with E-state index in [2.05, 4.69) is 5.32 Å². The van der Waals surface area contributed by atoms with Crippen LogP contribution in [0.4, 0.5) is 4.79 Å². The van der Waals surface area contributed by atoms with E-state index in [9.17, 15) is 14.4 Å². The van der Waals surface area contributed by atoms with Crippen LogP contribution in [0, 0.1) is 23.2 Å². The van der Waals surface area contributed by atoms with E-state index in [1.807, 2.05) is 60.7 Å². The first kappa shape index (κ1) is 27.8. The van der Waals surface area contributed by atoms with E-state index in [4.69, 9.17) is 15.2 Å². The number of hydrogen-bond donors (Lipinski definition) is 2. The van der Waals surface area contributed by atoms with Gasteiger partial charge in [0.1, 0.15) is 19.1 Å². The maximum absolute atomic E-state index is 13.4. The summed E-state index contributed by atoms with van der Waals surface area (Å²) in [7, 11) is 0. The fourth-order valence-electron chi connectivity index (χ4n) is 6.11. The molecule has 38 heavy (non-hydrogen) atoms. The molecule has 2 saturated carbocycles. The zero-order valence-electron chi connectivity index (χ0n) is 22.1. The zero-order chi connectivity index (χ0) is 26.8. The number of Topliss-reactive ketones (excluding diaryl/α,β-unsaturated/α-hetero) is 1. The molecule has 204 valence electrons. The van der Waals surface area contributed by atoms with Gasteiger partial charge in [-0.2, -0.15) is 0 Å². The lowest BCUT2D eigenvalue weighted by Crippen LogP contribution is -2.42. The predicted octanol–water partition coefficient (Wildman–Crippen LogP) is 5.17. The predicted molar refractivity (Wildman–Crippen MR) is 145 cm³/mol. The van der Waals surface area contributed by atoms with E-state index in [0.717, 1.165) is 36.8 Å². The molecule has 2 aromatic rings. The molecule has 2 fully saturated rings. The first-order valence-electron chi connectivity index (χ1n) is 13.9. The Morgan fingerprint density at radius 1 is 0.789 bits per heavy atom. The summed E-state index contributed by atoms with van der Waals surface area (Å²) in [4.78, 5) is 38.4. The van der Waals surface area contributed by atoms with Crippen LogP contribution in [-0.4, -0.2) is 31.1 Å². The largest absolute Gasteiger partial charge is 0.450 e. The van der Waals surface area contributed by atoms with Gasteiger partial charge in [-0.3, -0.25) is 15.3 Å². The topological polar surface area (TPSA) is 108 Å². The van der Waals surface area contributed by atoms with Crippen LogP contribution >= 0.6 is 0 Å². The summed E-state index contributed by atoms with van der Waals surface area (Å²) in [5, 5.41) is 2.88. The van der Waals surface area contributed by atoms with Crippen molar-refractivity contribution >= 4 is 17.8 Å². The summed E-state index contributed by atoms with van der Waals surface area (Å²) in [5.41, 5.74) is 6.96. The van der Waals surface area contributed by atoms with Gasteiger partial charge in [0.15, 0.2) is 0 Å². The Morgan fingerprint density at radius 3 is 1.97 bits per heavy atom. The Kier molecular flexibility index (Phi) is 9.93. The highest BCUT2D eigenvalue weighted by Crippen LogP contribution is 2.44. The summed E-state index contributed by atoms with van der Waals surface area (Å²) in [6, 6.07) is 19.6. The number of amides is 1. The highest BCUT2D eigenvalue weighted by atomic mass is 16.5. The maximum Gasteiger partial charge on any atom is 0.407 e. The molecule has 7 nitrogen and oxygen atoms in total. The zero-order valence-corrected chi connectivity index (χ0v) is 22.1. The number of carbonyl (C=O) groups is 3. The van der Waals surface area contributed by atoms with E-state index in [-0.39, 0.29) is 31.1 Å². The van der Waals surface area contributed by atoms with Gasteiger partial charge in [-0.25, -0.2) is 4.79 Å². The second kappa shape index (κ2) is 13.6. The van der Waals surface area contributed by atoms with Gasteiger partial charge in [0, 0.05) is 18.4 Å². The van der Waals surface area contributed by atoms with Crippen molar-refractivity contribution in [2.75, 3.05) is 13.3 Å². The fraction of sp³-hybridized carbons (Fsp3) is 0.516. The SMILES string of the molecule is NCOC(=O)C1(Cc2ccccc2)CCC(C(=O)C2CCC(CNC(=O)OCc3ccccc3)CC2)CC1. The van der Waals surface area contributed by atoms with Crippen molar-refractivity contribution in [3.05, 3.63) is 71.8 Å². The first-order chi connectivity index (χ1) is 18.5. The Bertz CT molecular complexity index is 1040. The quantitative estimate of drug-likeness (QED) is 0.331. The number of ether oxygens (including phenoxy) is 2. The number of nitrogens with two attached hydrogens (primary N) is 1. The summed E-state index contributed by atoms with van der Waals surface area (Å²) in [6.07, 6.45) is 6.45. The van der Waals surface area contributed by atoms with Crippen LogP contribution in [-0.2, 0) is 32.1 Å². The molecule has 1 amide bonds. The molecule has 0 aliphatic heterocycles. The number of hydrogen-bond acceptors (Lipinski definition) is 6. The second-order valence-corrected chi connectivity index (χ2v) is 10.9. The van der Waals surface area contributed by atoms with Crippen LogP contribution in [0.15, 0.2) is 60.7 Å². The van der Waals surface area contributed by atoms with Crippen molar-refractivity contribution in [2.24, 2.45) is 28.9 Å². The summed E-state index contributed by atoms with van der Waals surface area (Å²) < 4.78 is 10.6. The van der Waals surface area contributed by atoms with Gasteiger partial charge in [0.05, 0.1) is 5.41 Å². The van der Waals surface area contributed by atoms with Gasteiger partial charge >= 0.3 is 12.1 Å². The van der Waals surface area contributed by atoms with Crippen molar-refractivity contribution in [1.29, 1.82) is 0 Å². The highest BCUT2D eigenvalue weighted by Gasteiger charge is 2.45. The fourth-order valence-corrected chi connectivity index (χ4v) is 6.11. The average molecular weight is 521 g/mol. The number of nitrogens with one attached hydrogen (secondary N) is 1. The molecule has 3 N–H and O–H groups in total. The van der Waals surface area contributed by atoms with E-state index in [1.54, 1.807) is 0 Å². The molecular formula is C31H40N2O5. The Labute approximate surface area is 225 Å². The Hall–Kier alpha value is -3.19. The van der Waals surface area contributed by atoms with Gasteiger partial charge < -0.3 is 14.8 Å². The minimum absolute atomic E-state index is 0.00258. The van der Waals surface area contributed by atoms with Crippen molar-refractivity contribution in [3.8, 4) is 0 Å². The molecule has 7 heteroatoms. The molecule has 0 radical (unpaired) electrons. The third-order valence-electron chi connectivity index (χ3n) is 8.37. The second-order valence-electron chi connectivity index (χ2n) is 10.9. The molecule has 0 bridgehead atoms. The lowest BCUT2D eigenvalue weighted by molar-refractivity contribution is -0.159. The minimum Gasteiger partial charge on any atom is -0.450 e. The number of ketones is 1. The van der Waals surface area contributed by atoms with Crippen LogP contribution in [0.5, 0.6) is 0 Å². The van der Waals surface area contributed by atoms with E-state index in [1.165, 1.54) is 0 Å². The smallest absolute Gasteiger partial charge is 0.407 e. The highest BCUT2D eigenvalue weighted by molar-refractivity contribution is 5.84. The molecule has 4 rings (SSSR count). The summed E-state index contributed by atoms with van der Waals surface area (Å²) >= 11 is 0. The lowest BCUT2D eigenvalue weighted by Gasteiger charge is -2.39. The minimum atomic E-state index is -0.615. The van der Waals surface area contributed by atoms with Crippen LogP contribution in [0.3, 0.4) is 0 Å². The molecule has 0 unspecified atom stereocenters. The lowest BCUT2D eigenvalue weighted by atomic mass is 9.65. The van der Waals surface area contributed by atoms with Gasteiger partial charge in [-0.1, -0.05) is 60.7 Å². The van der Waals surface area contributed by atoms with Gasteiger partial charge in [-0.15, -0.1) is 0 Å².